The number of rotatable bonds is 9. The van der Waals surface area contributed by atoms with Crippen molar-refractivity contribution in [2.45, 2.75) is 25.2 Å². The Hall–Kier alpha value is -4.32. The average Bonchev–Trinajstić information content (AvgIpc) is 3.41. The Bertz CT molecular complexity index is 1650. The summed E-state index contributed by atoms with van der Waals surface area (Å²) >= 11 is 2.75. The van der Waals surface area contributed by atoms with E-state index in [1.165, 1.54) is 39.7 Å². The van der Waals surface area contributed by atoms with Crippen LogP contribution in [0.4, 0.5) is 15.2 Å². The Kier molecular flexibility index (Phi) is 7.16. The second kappa shape index (κ2) is 11.0. The molecule has 3 heterocycles. The number of halogens is 1. The quantitative estimate of drug-likeness (QED) is 0.191. The van der Waals surface area contributed by atoms with Crippen molar-refractivity contribution in [1.82, 2.24) is 9.97 Å². The number of thiazole rings is 2. The molecular formula is C29H21FN4O4S2. The molecule has 11 heteroatoms. The maximum Gasteiger partial charge on any atom is 0.259 e. The average molecular weight is 573 g/mol. The number of ether oxygens (including phenoxy) is 1. The molecule has 0 spiro atoms. The molecule has 1 fully saturated rings. The number of benzene rings is 3. The molecule has 0 bridgehead atoms. The van der Waals surface area contributed by atoms with Crippen LogP contribution in [0.1, 0.15) is 20.9 Å². The lowest BCUT2D eigenvalue weighted by atomic mass is 10.1. The first-order valence-corrected chi connectivity index (χ1v) is 14.0. The smallest absolute Gasteiger partial charge is 0.259 e. The van der Waals surface area contributed by atoms with E-state index in [1.54, 1.807) is 48.0 Å². The second-order valence-electron chi connectivity index (χ2n) is 9.08. The summed E-state index contributed by atoms with van der Waals surface area (Å²) in [5, 5.41) is 5.52. The Labute approximate surface area is 236 Å². The Morgan fingerprint density at radius 1 is 0.975 bits per heavy atom. The van der Waals surface area contributed by atoms with Crippen molar-refractivity contribution in [1.29, 1.82) is 0 Å². The van der Waals surface area contributed by atoms with Crippen LogP contribution in [0.25, 0.3) is 10.2 Å². The molecule has 8 nitrogen and oxygen atoms in total. The number of amides is 2. The number of carbonyl (C=O) groups excluding carboxylic acids is 3. The largest absolute Gasteiger partial charge is 0.349 e. The zero-order valence-electron chi connectivity index (χ0n) is 20.8. The van der Waals surface area contributed by atoms with Gasteiger partial charge in [-0.3, -0.25) is 19.7 Å². The number of Topliss-reactive ketones (excluding diaryl/α,β-unsaturated/α-hetero) is 1. The van der Waals surface area contributed by atoms with Crippen LogP contribution in [0.15, 0.2) is 84.4 Å². The molecule has 0 aliphatic carbocycles. The van der Waals surface area contributed by atoms with E-state index in [9.17, 15) is 18.8 Å². The van der Waals surface area contributed by atoms with Crippen molar-refractivity contribution < 1.29 is 23.5 Å². The van der Waals surface area contributed by atoms with Crippen LogP contribution in [0.2, 0.25) is 0 Å². The third-order valence-electron chi connectivity index (χ3n) is 6.33. The van der Waals surface area contributed by atoms with Crippen LogP contribution in [-0.4, -0.2) is 39.8 Å². The van der Waals surface area contributed by atoms with Crippen molar-refractivity contribution in [2.24, 2.45) is 0 Å². The van der Waals surface area contributed by atoms with Gasteiger partial charge in [-0.05, 0) is 54.1 Å². The van der Waals surface area contributed by atoms with Gasteiger partial charge in [0.25, 0.3) is 11.8 Å². The molecule has 200 valence electrons. The standard InChI is InChI=1S/C29H21FN4O4S2/c30-19-9-5-17(6-10-19)16-34(28(37)26-25(38-26)27(36)33-29-31-13-14-39-29)20-11-7-18(8-12-20)22(35)15-24-32-21-3-1-2-4-23(21)40-24/h1-14,25-26H,15-16H2,(H,31,33,36)/t25-,26-/m0/s1. The third kappa shape index (κ3) is 5.67. The van der Waals surface area contributed by atoms with Crippen molar-refractivity contribution in [3.05, 3.63) is 106 Å². The first-order valence-electron chi connectivity index (χ1n) is 12.3. The fraction of sp³-hybridized carbons (Fsp3) is 0.138. The summed E-state index contributed by atoms with van der Waals surface area (Å²) in [6.45, 7) is 0.124. The normalized spacial score (nSPS) is 16.0. The molecule has 2 aromatic heterocycles. The molecule has 40 heavy (non-hydrogen) atoms. The van der Waals surface area contributed by atoms with Crippen LogP contribution in [0.3, 0.4) is 0 Å². The van der Waals surface area contributed by atoms with Gasteiger partial charge >= 0.3 is 0 Å². The topological polar surface area (TPSA) is 105 Å². The van der Waals surface area contributed by atoms with E-state index in [0.29, 0.717) is 21.9 Å². The van der Waals surface area contributed by atoms with Gasteiger partial charge in [0.05, 0.1) is 23.2 Å². The maximum absolute atomic E-state index is 13.5. The summed E-state index contributed by atoms with van der Waals surface area (Å²) in [5.41, 5.74) is 2.55. The molecule has 0 unspecified atom stereocenters. The lowest BCUT2D eigenvalue weighted by Gasteiger charge is -2.23. The SMILES string of the molecule is O=C(Cc1nc2ccccc2s1)c1ccc(N(Cc2ccc(F)cc2)C(=O)[C@H]2O[C@@H]2C(=O)Nc2nccs2)cc1. The monoisotopic (exact) mass is 572 g/mol. The van der Waals surface area contributed by atoms with E-state index in [4.69, 9.17) is 4.74 Å². The van der Waals surface area contributed by atoms with Crippen LogP contribution in [0, 0.1) is 5.82 Å². The van der Waals surface area contributed by atoms with Gasteiger partial charge in [0.15, 0.2) is 23.1 Å². The van der Waals surface area contributed by atoms with Crippen LogP contribution >= 0.6 is 22.7 Å². The highest BCUT2D eigenvalue weighted by Crippen LogP contribution is 2.30. The number of aromatic nitrogens is 2. The fourth-order valence-electron chi connectivity index (χ4n) is 4.25. The fourth-order valence-corrected chi connectivity index (χ4v) is 5.74. The highest BCUT2D eigenvalue weighted by atomic mass is 32.1. The van der Waals surface area contributed by atoms with Gasteiger partial charge < -0.3 is 9.64 Å². The van der Waals surface area contributed by atoms with E-state index < -0.39 is 24.0 Å². The molecule has 0 saturated carbocycles. The summed E-state index contributed by atoms with van der Waals surface area (Å²) in [5.74, 6) is -1.35. The van der Waals surface area contributed by atoms with Crippen molar-refractivity contribution in [3.63, 3.8) is 0 Å². The summed E-state index contributed by atoms with van der Waals surface area (Å²) in [7, 11) is 0. The highest BCUT2D eigenvalue weighted by molar-refractivity contribution is 7.18. The van der Waals surface area contributed by atoms with Crippen molar-refractivity contribution in [2.75, 3.05) is 10.2 Å². The number of para-hydroxylation sites is 1. The minimum Gasteiger partial charge on any atom is -0.349 e. The summed E-state index contributed by atoms with van der Waals surface area (Å²) in [4.78, 5) is 49.0. The molecule has 0 radical (unpaired) electrons. The first-order chi connectivity index (χ1) is 19.4. The molecular weight excluding hydrogens is 551 g/mol. The lowest BCUT2D eigenvalue weighted by molar-refractivity contribution is -0.120. The number of hydrogen-bond donors (Lipinski definition) is 1. The summed E-state index contributed by atoms with van der Waals surface area (Å²) < 4.78 is 20.0. The lowest BCUT2D eigenvalue weighted by Crippen LogP contribution is -2.36. The minimum absolute atomic E-state index is 0.0912. The number of nitrogens with one attached hydrogen (secondary N) is 1. The summed E-state index contributed by atoms with van der Waals surface area (Å²) in [6, 6.07) is 20.2. The van der Waals surface area contributed by atoms with Crippen LogP contribution < -0.4 is 10.2 Å². The van der Waals surface area contributed by atoms with E-state index in [-0.39, 0.29) is 24.6 Å². The van der Waals surface area contributed by atoms with Gasteiger partial charge in [-0.25, -0.2) is 14.4 Å². The number of fused-ring (bicyclic) bond motifs is 1. The van der Waals surface area contributed by atoms with Gasteiger partial charge in [-0.1, -0.05) is 24.3 Å². The zero-order chi connectivity index (χ0) is 27.6. The van der Waals surface area contributed by atoms with Gasteiger partial charge in [-0.15, -0.1) is 22.7 Å². The Morgan fingerprint density at radius 3 is 2.48 bits per heavy atom. The molecule has 1 aliphatic rings. The summed E-state index contributed by atoms with van der Waals surface area (Å²) in [6.07, 6.45) is -0.181. The van der Waals surface area contributed by atoms with Crippen LogP contribution in [0.5, 0.6) is 0 Å². The molecule has 5 aromatic rings. The van der Waals surface area contributed by atoms with Gasteiger partial charge in [0, 0.05) is 22.8 Å². The number of carbonyl (C=O) groups is 3. The number of ketones is 1. The van der Waals surface area contributed by atoms with E-state index >= 15 is 0 Å². The number of anilines is 2. The minimum atomic E-state index is -0.972. The number of epoxide rings is 1. The highest BCUT2D eigenvalue weighted by Gasteiger charge is 2.52. The molecule has 1 N–H and O–H groups in total. The Balaban J connectivity index is 1.19. The predicted molar refractivity (Wildman–Crippen MR) is 151 cm³/mol. The van der Waals surface area contributed by atoms with Crippen LogP contribution in [-0.2, 0) is 27.3 Å². The number of nitrogens with zero attached hydrogens (tertiary/aromatic N) is 3. The van der Waals surface area contributed by atoms with Gasteiger partial charge in [0.2, 0.25) is 0 Å². The maximum atomic E-state index is 13.5. The first kappa shape index (κ1) is 25.9. The molecule has 1 saturated heterocycles. The van der Waals surface area contributed by atoms with E-state index in [2.05, 4.69) is 15.3 Å². The van der Waals surface area contributed by atoms with E-state index in [1.807, 2.05) is 24.3 Å². The molecule has 2 amide bonds. The van der Waals surface area contributed by atoms with Gasteiger partial charge in [0.1, 0.15) is 10.8 Å². The van der Waals surface area contributed by atoms with E-state index in [0.717, 1.165) is 15.2 Å². The second-order valence-corrected chi connectivity index (χ2v) is 11.1. The molecule has 2 atom stereocenters. The van der Waals surface area contributed by atoms with Crippen molar-refractivity contribution in [3.8, 4) is 0 Å². The van der Waals surface area contributed by atoms with Gasteiger partial charge in [-0.2, -0.15) is 0 Å². The predicted octanol–water partition coefficient (Wildman–Crippen LogP) is 5.26. The van der Waals surface area contributed by atoms with Crippen molar-refractivity contribution >= 4 is 61.3 Å². The molecule has 6 rings (SSSR count). The Morgan fingerprint density at radius 2 is 1.75 bits per heavy atom. The zero-order valence-corrected chi connectivity index (χ0v) is 22.5. The molecule has 1 aliphatic heterocycles. The third-order valence-corrected chi connectivity index (χ3v) is 8.05. The number of hydrogen-bond acceptors (Lipinski definition) is 8. The molecule has 3 aromatic carbocycles.